The molecule has 0 bridgehead atoms. The summed E-state index contributed by atoms with van der Waals surface area (Å²) in [6.07, 6.45) is 0. The molecule has 9 heteroatoms. The Labute approximate surface area is 162 Å². The van der Waals surface area contributed by atoms with Gasteiger partial charge in [0.15, 0.2) is 11.5 Å². The number of ether oxygens (including phenoxy) is 3. The van der Waals surface area contributed by atoms with Crippen LogP contribution in [-0.4, -0.2) is 42.6 Å². The maximum Gasteiger partial charge on any atom is 0.339 e. The molecule has 0 saturated heterocycles. The number of H-pyrrole nitrogens is 1. The zero-order valence-electron chi connectivity index (χ0n) is 15.9. The van der Waals surface area contributed by atoms with Gasteiger partial charge in [-0.2, -0.15) is 0 Å². The molecular weight excluding hydrogens is 362 g/mol. The van der Waals surface area contributed by atoms with Crippen LogP contribution in [-0.2, 0) is 17.9 Å². The van der Waals surface area contributed by atoms with E-state index >= 15 is 0 Å². The summed E-state index contributed by atoms with van der Waals surface area (Å²) in [7, 11) is 4.61. The standard InChI is InChI=1S/C19H21N5O4/c1-26-15-9-14(10-16(27-2)18(15)28-3)19-21-23-24(22-19)12-17(25)20-11-13-7-5-4-6-8-13/h4-10H,11-12H2,1-3H3,(H,20,25)/p+1. The first-order chi connectivity index (χ1) is 13.6. The lowest BCUT2D eigenvalue weighted by Gasteiger charge is -2.12. The van der Waals surface area contributed by atoms with Crippen molar-refractivity contribution >= 4 is 5.91 Å². The summed E-state index contributed by atoms with van der Waals surface area (Å²) in [4.78, 5) is 13.5. The Bertz CT molecular complexity index is 918. The number of benzene rings is 2. The van der Waals surface area contributed by atoms with Gasteiger partial charge >= 0.3 is 5.82 Å². The summed E-state index contributed by atoms with van der Waals surface area (Å²) in [5.74, 6) is 1.69. The second kappa shape index (κ2) is 8.85. The van der Waals surface area contributed by atoms with Crippen LogP contribution in [0.3, 0.4) is 0 Å². The smallest absolute Gasteiger partial charge is 0.339 e. The Hall–Kier alpha value is -3.62. The van der Waals surface area contributed by atoms with Crippen LogP contribution in [0.15, 0.2) is 42.5 Å². The van der Waals surface area contributed by atoms with Gasteiger partial charge in [0.1, 0.15) is 0 Å². The summed E-state index contributed by atoms with van der Waals surface area (Å²) in [5, 5.41) is 14.0. The quantitative estimate of drug-likeness (QED) is 0.564. The number of nitrogens with one attached hydrogen (secondary N) is 2. The van der Waals surface area contributed by atoms with Crippen LogP contribution < -0.4 is 24.3 Å². The molecule has 1 aromatic heterocycles. The molecule has 3 aromatic rings. The highest BCUT2D eigenvalue weighted by atomic mass is 16.5. The van der Waals surface area contributed by atoms with Crippen LogP contribution in [0, 0.1) is 0 Å². The molecule has 28 heavy (non-hydrogen) atoms. The molecule has 0 spiro atoms. The van der Waals surface area contributed by atoms with Crippen LogP contribution in [0.2, 0.25) is 0 Å². The molecule has 0 saturated carbocycles. The fraction of sp³-hybridized carbons (Fsp3) is 0.263. The molecule has 0 unspecified atom stereocenters. The molecule has 3 rings (SSSR count). The third-order valence-corrected chi connectivity index (χ3v) is 4.04. The molecule has 0 radical (unpaired) electrons. The lowest BCUT2D eigenvalue weighted by Crippen LogP contribution is -2.46. The molecule has 1 amide bonds. The van der Waals surface area contributed by atoms with E-state index in [1.807, 2.05) is 30.3 Å². The van der Waals surface area contributed by atoms with Gasteiger partial charge in [-0.25, -0.2) is 0 Å². The van der Waals surface area contributed by atoms with Crippen LogP contribution in [0.4, 0.5) is 0 Å². The Kier molecular flexibility index (Phi) is 6.05. The van der Waals surface area contributed by atoms with E-state index in [1.165, 1.54) is 26.1 Å². The monoisotopic (exact) mass is 384 g/mol. The molecule has 9 nitrogen and oxygen atoms in total. The number of methoxy groups -OCH3 is 3. The Morgan fingerprint density at radius 3 is 2.36 bits per heavy atom. The van der Waals surface area contributed by atoms with Crippen LogP contribution in [0.25, 0.3) is 11.4 Å². The maximum atomic E-state index is 12.1. The number of amides is 1. The van der Waals surface area contributed by atoms with Gasteiger partial charge in [-0.05, 0) is 28.0 Å². The summed E-state index contributed by atoms with van der Waals surface area (Å²) >= 11 is 0. The molecule has 0 aliphatic heterocycles. The Morgan fingerprint density at radius 1 is 1.07 bits per heavy atom. The Morgan fingerprint density at radius 2 is 1.75 bits per heavy atom. The van der Waals surface area contributed by atoms with Crippen molar-refractivity contribution in [3.8, 4) is 28.6 Å². The van der Waals surface area contributed by atoms with E-state index in [4.69, 9.17) is 14.2 Å². The van der Waals surface area contributed by atoms with Crippen LogP contribution in [0.1, 0.15) is 5.56 Å². The predicted molar refractivity (Wildman–Crippen MR) is 100.0 cm³/mol. The number of carbonyl (C=O) groups is 1. The minimum Gasteiger partial charge on any atom is -0.493 e. The average Bonchev–Trinajstić information content (AvgIpc) is 3.20. The van der Waals surface area contributed by atoms with Crippen molar-refractivity contribution in [2.45, 2.75) is 13.1 Å². The van der Waals surface area contributed by atoms with Gasteiger partial charge in [0.25, 0.3) is 5.91 Å². The van der Waals surface area contributed by atoms with E-state index in [0.717, 1.165) is 5.56 Å². The zero-order chi connectivity index (χ0) is 19.9. The van der Waals surface area contributed by atoms with Crippen LogP contribution >= 0.6 is 0 Å². The molecule has 1 heterocycles. The molecule has 0 fully saturated rings. The average molecular weight is 384 g/mol. The lowest BCUT2D eigenvalue weighted by atomic mass is 10.1. The highest BCUT2D eigenvalue weighted by Gasteiger charge is 2.21. The minimum atomic E-state index is -0.179. The molecule has 0 aliphatic carbocycles. The van der Waals surface area contributed by atoms with Gasteiger partial charge in [-0.3, -0.25) is 4.79 Å². The second-order valence-electron chi connectivity index (χ2n) is 5.87. The number of hydrogen-bond acceptors (Lipinski definition) is 6. The first kappa shape index (κ1) is 19.2. The molecule has 146 valence electrons. The predicted octanol–water partition coefficient (Wildman–Crippen LogP) is 1.10. The van der Waals surface area contributed by atoms with E-state index < -0.39 is 0 Å². The van der Waals surface area contributed by atoms with Crippen molar-refractivity contribution in [2.24, 2.45) is 0 Å². The van der Waals surface area contributed by atoms with Crippen molar-refractivity contribution in [1.82, 2.24) is 20.7 Å². The number of nitrogens with zero attached hydrogens (tertiary/aromatic N) is 3. The van der Waals surface area contributed by atoms with Crippen molar-refractivity contribution in [1.29, 1.82) is 0 Å². The van der Waals surface area contributed by atoms with Gasteiger partial charge < -0.3 is 19.5 Å². The molecule has 0 atom stereocenters. The maximum absolute atomic E-state index is 12.1. The summed E-state index contributed by atoms with van der Waals surface area (Å²) in [6.45, 7) is 0.471. The van der Waals surface area contributed by atoms with Gasteiger partial charge in [-0.15, -0.1) is 0 Å². The summed E-state index contributed by atoms with van der Waals surface area (Å²) in [5.41, 5.74) is 1.69. The number of tetrazole rings is 1. The fourth-order valence-corrected chi connectivity index (χ4v) is 2.66. The third-order valence-electron chi connectivity index (χ3n) is 4.04. The minimum absolute atomic E-state index is 0.0181. The largest absolute Gasteiger partial charge is 0.493 e. The molecule has 2 aromatic carbocycles. The summed E-state index contributed by atoms with van der Waals surface area (Å²) in [6, 6.07) is 13.2. The summed E-state index contributed by atoms with van der Waals surface area (Å²) < 4.78 is 16.0. The van der Waals surface area contributed by atoms with E-state index in [9.17, 15) is 4.79 Å². The van der Waals surface area contributed by atoms with Crippen molar-refractivity contribution in [2.75, 3.05) is 21.3 Å². The first-order valence-electron chi connectivity index (χ1n) is 8.58. The number of hydrogen-bond donors (Lipinski definition) is 2. The number of aromatic nitrogens is 4. The van der Waals surface area contributed by atoms with Gasteiger partial charge in [0, 0.05) is 6.54 Å². The SMILES string of the molecule is COc1cc(-c2n[nH][n+](CC(=O)NCc3ccccc3)n2)cc(OC)c1OC. The number of rotatable bonds is 8. The Balaban J connectivity index is 1.70. The number of aromatic amines is 1. The third kappa shape index (κ3) is 4.37. The first-order valence-corrected chi connectivity index (χ1v) is 8.58. The van der Waals surface area contributed by atoms with Gasteiger partial charge in [0.2, 0.25) is 12.3 Å². The van der Waals surface area contributed by atoms with E-state index in [0.29, 0.717) is 35.2 Å². The van der Waals surface area contributed by atoms with E-state index in [-0.39, 0.29) is 12.5 Å². The van der Waals surface area contributed by atoms with Gasteiger partial charge in [0.05, 0.1) is 32.0 Å². The van der Waals surface area contributed by atoms with Gasteiger partial charge in [-0.1, -0.05) is 35.1 Å². The molecule has 0 aliphatic rings. The second-order valence-corrected chi connectivity index (χ2v) is 5.87. The fourth-order valence-electron chi connectivity index (χ4n) is 2.66. The topological polar surface area (TPSA) is 102 Å². The highest BCUT2D eigenvalue weighted by Crippen LogP contribution is 2.40. The van der Waals surface area contributed by atoms with Crippen LogP contribution in [0.5, 0.6) is 17.2 Å². The molecular formula is C19H22N5O4+. The van der Waals surface area contributed by atoms with Crippen molar-refractivity contribution < 1.29 is 23.8 Å². The zero-order valence-corrected chi connectivity index (χ0v) is 15.9. The normalized spacial score (nSPS) is 10.4. The lowest BCUT2D eigenvalue weighted by molar-refractivity contribution is -0.794. The molecule has 2 N–H and O–H groups in total. The van der Waals surface area contributed by atoms with Crippen molar-refractivity contribution in [3.05, 3.63) is 48.0 Å². The highest BCUT2D eigenvalue weighted by molar-refractivity contribution is 5.74. The van der Waals surface area contributed by atoms with E-state index in [2.05, 4.69) is 20.7 Å². The number of carbonyl (C=O) groups excluding carboxylic acids is 1. The van der Waals surface area contributed by atoms with Crippen molar-refractivity contribution in [3.63, 3.8) is 0 Å². The van der Waals surface area contributed by atoms with E-state index in [1.54, 1.807) is 12.1 Å².